The molecule has 4 heteroatoms. The Bertz CT molecular complexity index is 858. The number of thioether (sulfide) groups is 1. The highest BCUT2D eigenvalue weighted by molar-refractivity contribution is 7.99. The maximum absolute atomic E-state index is 12.7. The number of amides is 1. The van der Waals surface area contributed by atoms with Crippen LogP contribution in [0.25, 0.3) is 5.69 Å². The number of hydrogen-bond acceptors (Lipinski definition) is 2. The summed E-state index contributed by atoms with van der Waals surface area (Å²) in [7, 11) is 0. The predicted octanol–water partition coefficient (Wildman–Crippen LogP) is 4.44. The fourth-order valence-corrected chi connectivity index (χ4v) is 4.17. The minimum atomic E-state index is -0.0179. The van der Waals surface area contributed by atoms with Crippen LogP contribution in [0.3, 0.4) is 0 Å². The van der Waals surface area contributed by atoms with E-state index in [4.69, 9.17) is 0 Å². The van der Waals surface area contributed by atoms with Crippen molar-refractivity contribution in [3.63, 3.8) is 0 Å². The molecule has 1 atom stereocenters. The molecule has 1 amide bonds. The number of carbonyl (C=O) groups excluding carboxylic acids is 1. The van der Waals surface area contributed by atoms with Crippen LogP contribution in [-0.2, 0) is 0 Å². The first-order chi connectivity index (χ1) is 11.8. The summed E-state index contributed by atoms with van der Waals surface area (Å²) in [6.45, 7) is 0. The summed E-state index contributed by atoms with van der Waals surface area (Å²) in [5.41, 5.74) is 2.91. The molecule has 2 aromatic carbocycles. The van der Waals surface area contributed by atoms with Gasteiger partial charge in [-0.05, 0) is 48.4 Å². The molecule has 3 aromatic rings. The molecule has 0 aliphatic carbocycles. The van der Waals surface area contributed by atoms with Crippen LogP contribution in [0.1, 0.15) is 28.4 Å². The van der Waals surface area contributed by atoms with Gasteiger partial charge in [-0.1, -0.05) is 24.3 Å². The smallest absolute Gasteiger partial charge is 0.251 e. The standard InChI is InChI=1S/C20H18N2OS/c23-20(15-6-5-7-16(14-15)22-11-3-4-12-22)21-18-10-13-24-19-9-2-1-8-17(18)19/h1-9,11-12,14,18H,10,13H2,(H,21,23)/t18-/m1/s1. The normalized spacial score (nSPS) is 16.4. The van der Waals surface area contributed by atoms with E-state index in [0.717, 1.165) is 17.9 Å². The quantitative estimate of drug-likeness (QED) is 0.768. The molecule has 1 aliphatic heterocycles. The molecule has 0 saturated carbocycles. The van der Waals surface area contributed by atoms with E-state index in [1.165, 1.54) is 10.5 Å². The van der Waals surface area contributed by atoms with Gasteiger partial charge in [-0.15, -0.1) is 11.8 Å². The van der Waals surface area contributed by atoms with E-state index >= 15 is 0 Å². The number of hydrogen-bond donors (Lipinski definition) is 1. The van der Waals surface area contributed by atoms with Crippen molar-refractivity contribution in [2.75, 3.05) is 5.75 Å². The summed E-state index contributed by atoms with van der Waals surface area (Å²) < 4.78 is 2.00. The Morgan fingerprint density at radius 2 is 1.88 bits per heavy atom. The molecule has 1 aromatic heterocycles. The largest absolute Gasteiger partial charge is 0.345 e. The lowest BCUT2D eigenvalue weighted by Gasteiger charge is -2.26. The molecule has 24 heavy (non-hydrogen) atoms. The number of carbonyl (C=O) groups is 1. The molecule has 0 radical (unpaired) electrons. The number of nitrogens with one attached hydrogen (secondary N) is 1. The molecular weight excluding hydrogens is 316 g/mol. The van der Waals surface area contributed by atoms with Crippen molar-refractivity contribution < 1.29 is 4.79 Å². The molecule has 0 fully saturated rings. The zero-order valence-corrected chi connectivity index (χ0v) is 14.0. The molecule has 2 heterocycles. The highest BCUT2D eigenvalue weighted by atomic mass is 32.2. The van der Waals surface area contributed by atoms with Gasteiger partial charge in [0.1, 0.15) is 0 Å². The van der Waals surface area contributed by atoms with Crippen LogP contribution in [0.2, 0.25) is 0 Å². The van der Waals surface area contributed by atoms with Crippen LogP contribution in [0.15, 0.2) is 78.0 Å². The molecule has 0 unspecified atom stereocenters. The van der Waals surface area contributed by atoms with Crippen LogP contribution < -0.4 is 5.32 Å². The summed E-state index contributed by atoms with van der Waals surface area (Å²) in [6, 6.07) is 20.1. The maximum Gasteiger partial charge on any atom is 0.251 e. The van der Waals surface area contributed by atoms with Crippen molar-refractivity contribution in [3.05, 3.63) is 84.2 Å². The summed E-state index contributed by atoms with van der Waals surface area (Å²) in [6.07, 6.45) is 4.92. The number of rotatable bonds is 3. The molecule has 120 valence electrons. The van der Waals surface area contributed by atoms with E-state index in [2.05, 4.69) is 23.5 Å². The van der Waals surface area contributed by atoms with Gasteiger partial charge < -0.3 is 9.88 Å². The second kappa shape index (κ2) is 6.57. The first-order valence-corrected chi connectivity index (χ1v) is 9.06. The number of aromatic nitrogens is 1. The number of fused-ring (bicyclic) bond motifs is 1. The average Bonchev–Trinajstić information content (AvgIpc) is 3.17. The predicted molar refractivity (Wildman–Crippen MR) is 97.8 cm³/mol. The Morgan fingerprint density at radius 3 is 2.75 bits per heavy atom. The van der Waals surface area contributed by atoms with Gasteiger partial charge in [0.25, 0.3) is 5.91 Å². The number of benzene rings is 2. The van der Waals surface area contributed by atoms with Crippen molar-refractivity contribution in [1.29, 1.82) is 0 Å². The first-order valence-electron chi connectivity index (χ1n) is 8.07. The van der Waals surface area contributed by atoms with Crippen LogP contribution >= 0.6 is 11.8 Å². The Kier molecular flexibility index (Phi) is 4.13. The fraction of sp³-hybridized carbons (Fsp3) is 0.150. The Labute approximate surface area is 145 Å². The minimum Gasteiger partial charge on any atom is -0.345 e. The van der Waals surface area contributed by atoms with E-state index in [9.17, 15) is 4.79 Å². The Hall–Kier alpha value is -2.46. The average molecular weight is 334 g/mol. The van der Waals surface area contributed by atoms with Crippen LogP contribution in [-0.4, -0.2) is 16.2 Å². The highest BCUT2D eigenvalue weighted by Crippen LogP contribution is 2.35. The SMILES string of the molecule is O=C(N[C@@H]1CCSc2ccccc21)c1cccc(-n2cccc2)c1. The number of nitrogens with zero attached hydrogens (tertiary/aromatic N) is 1. The summed E-state index contributed by atoms with van der Waals surface area (Å²) in [5, 5.41) is 3.20. The lowest BCUT2D eigenvalue weighted by atomic mass is 10.0. The zero-order chi connectivity index (χ0) is 16.4. The minimum absolute atomic E-state index is 0.0179. The van der Waals surface area contributed by atoms with Gasteiger partial charge in [-0.3, -0.25) is 4.79 Å². The zero-order valence-electron chi connectivity index (χ0n) is 13.2. The molecule has 1 N–H and O–H groups in total. The van der Waals surface area contributed by atoms with Crippen molar-refractivity contribution >= 4 is 17.7 Å². The van der Waals surface area contributed by atoms with Gasteiger partial charge >= 0.3 is 0 Å². The van der Waals surface area contributed by atoms with Crippen molar-refractivity contribution in [1.82, 2.24) is 9.88 Å². The van der Waals surface area contributed by atoms with Gasteiger partial charge in [0.15, 0.2) is 0 Å². The molecule has 1 aliphatic rings. The molecule has 3 nitrogen and oxygen atoms in total. The third-order valence-corrected chi connectivity index (χ3v) is 5.40. The Balaban J connectivity index is 1.56. The van der Waals surface area contributed by atoms with Gasteiger partial charge in [0, 0.05) is 34.3 Å². The summed E-state index contributed by atoms with van der Waals surface area (Å²) in [4.78, 5) is 14.0. The van der Waals surface area contributed by atoms with Crippen molar-refractivity contribution in [2.24, 2.45) is 0 Å². The monoisotopic (exact) mass is 334 g/mol. The van der Waals surface area contributed by atoms with E-state index < -0.39 is 0 Å². The molecule has 0 spiro atoms. The highest BCUT2D eigenvalue weighted by Gasteiger charge is 2.22. The molecule has 0 bridgehead atoms. The third kappa shape index (κ3) is 2.97. The molecular formula is C20H18N2OS. The first kappa shape index (κ1) is 15.1. The lowest BCUT2D eigenvalue weighted by molar-refractivity contribution is 0.0935. The van der Waals surface area contributed by atoms with Crippen LogP contribution in [0.4, 0.5) is 0 Å². The molecule has 0 saturated heterocycles. The topological polar surface area (TPSA) is 34.0 Å². The lowest BCUT2D eigenvalue weighted by Crippen LogP contribution is -2.30. The van der Waals surface area contributed by atoms with E-state index in [0.29, 0.717) is 5.56 Å². The van der Waals surface area contributed by atoms with Gasteiger partial charge in [0.05, 0.1) is 6.04 Å². The Morgan fingerprint density at radius 1 is 1.04 bits per heavy atom. The van der Waals surface area contributed by atoms with E-state index in [-0.39, 0.29) is 11.9 Å². The third-order valence-electron chi connectivity index (χ3n) is 4.27. The second-order valence-electron chi connectivity index (χ2n) is 5.84. The van der Waals surface area contributed by atoms with Crippen molar-refractivity contribution in [3.8, 4) is 5.69 Å². The fourth-order valence-electron chi connectivity index (χ4n) is 3.05. The van der Waals surface area contributed by atoms with Gasteiger partial charge in [-0.25, -0.2) is 0 Å². The van der Waals surface area contributed by atoms with E-state index in [1.807, 2.05) is 71.2 Å². The van der Waals surface area contributed by atoms with E-state index in [1.54, 1.807) is 0 Å². The van der Waals surface area contributed by atoms with Gasteiger partial charge in [-0.2, -0.15) is 0 Å². The van der Waals surface area contributed by atoms with Crippen molar-refractivity contribution in [2.45, 2.75) is 17.4 Å². The second-order valence-corrected chi connectivity index (χ2v) is 6.98. The van der Waals surface area contributed by atoms with Crippen LogP contribution in [0.5, 0.6) is 0 Å². The van der Waals surface area contributed by atoms with Gasteiger partial charge in [0.2, 0.25) is 0 Å². The molecule has 4 rings (SSSR count). The summed E-state index contributed by atoms with van der Waals surface area (Å²) >= 11 is 1.86. The maximum atomic E-state index is 12.7. The van der Waals surface area contributed by atoms with Crippen LogP contribution in [0, 0.1) is 0 Å². The summed E-state index contributed by atoms with van der Waals surface area (Å²) in [5.74, 6) is 1.02.